The molecule has 4 heterocycles. The van der Waals surface area contributed by atoms with Crippen molar-refractivity contribution < 1.29 is 4.79 Å². The van der Waals surface area contributed by atoms with Gasteiger partial charge in [0.2, 0.25) is 0 Å². The molecule has 0 radical (unpaired) electrons. The van der Waals surface area contributed by atoms with Crippen molar-refractivity contribution in [1.29, 1.82) is 0 Å². The first-order valence-electron chi connectivity index (χ1n) is 12.6. The van der Waals surface area contributed by atoms with Gasteiger partial charge in [0.15, 0.2) is 11.5 Å². The quantitative estimate of drug-likeness (QED) is 0.224. The van der Waals surface area contributed by atoms with Gasteiger partial charge in [0, 0.05) is 18.6 Å². The molecular weight excluding hydrogens is 538 g/mol. The average molecular weight is 566 g/mol. The summed E-state index contributed by atoms with van der Waals surface area (Å²) in [6, 6.07) is 17.5. The average Bonchev–Trinajstić information content (AvgIpc) is 3.64. The van der Waals surface area contributed by atoms with Gasteiger partial charge in [-0.05, 0) is 55.2 Å². The first-order valence-corrected chi connectivity index (χ1v) is 13.5. The number of H-pyrrole nitrogens is 1. The zero-order valence-corrected chi connectivity index (χ0v) is 23.2. The zero-order chi connectivity index (χ0) is 28.9. The molecule has 1 amide bonds. The molecule has 6 rings (SSSR count). The maximum Gasteiger partial charge on any atom is 0.266 e. The summed E-state index contributed by atoms with van der Waals surface area (Å²) in [5.74, 6) is -0.0531. The number of carbonyl (C=O) groups excluding carboxylic acids is 1. The van der Waals surface area contributed by atoms with Crippen LogP contribution in [0.25, 0.3) is 34.4 Å². The first kappa shape index (κ1) is 27.3. The molecule has 0 aliphatic carbocycles. The summed E-state index contributed by atoms with van der Waals surface area (Å²) < 4.78 is 2.97. The number of aromatic nitrogens is 7. The lowest BCUT2D eigenvalue weighted by molar-refractivity contribution is 0.0940. The van der Waals surface area contributed by atoms with E-state index in [4.69, 9.17) is 10.7 Å². The number of fused-ring (bicyclic) bond motifs is 2. The van der Waals surface area contributed by atoms with Crippen molar-refractivity contribution in [1.82, 2.24) is 39.7 Å². The van der Waals surface area contributed by atoms with E-state index in [-0.39, 0.29) is 16.9 Å². The Balaban J connectivity index is 0.00000165. The number of amides is 1. The van der Waals surface area contributed by atoms with Crippen LogP contribution in [0.5, 0.6) is 0 Å². The van der Waals surface area contributed by atoms with Crippen molar-refractivity contribution in [2.45, 2.75) is 13.0 Å². The van der Waals surface area contributed by atoms with Crippen molar-refractivity contribution in [2.24, 2.45) is 0 Å². The SMILES string of the molecule is CC(NC(=O)c1c(N)nn2cccnc12)c1nc2cccc(/C=C/c3ccn[nH]3)c2c(=O)n1-c1ccccc1.CS. The maximum absolute atomic E-state index is 14.1. The lowest BCUT2D eigenvalue weighted by Gasteiger charge is -2.20. The van der Waals surface area contributed by atoms with Crippen LogP contribution in [0, 0.1) is 0 Å². The predicted octanol–water partition coefficient (Wildman–Crippen LogP) is 3.94. The molecule has 11 nitrogen and oxygen atoms in total. The van der Waals surface area contributed by atoms with Crippen molar-refractivity contribution in [2.75, 3.05) is 12.0 Å². The number of rotatable bonds is 6. The third-order valence-electron chi connectivity index (χ3n) is 6.32. The lowest BCUT2D eigenvalue weighted by Crippen LogP contribution is -2.33. The van der Waals surface area contributed by atoms with Crippen molar-refractivity contribution in [3.63, 3.8) is 0 Å². The first-order chi connectivity index (χ1) is 20.0. The third-order valence-corrected chi connectivity index (χ3v) is 6.32. The fraction of sp³-hybridized carbons (Fsp3) is 0.103. The molecule has 1 unspecified atom stereocenters. The molecule has 1 atom stereocenters. The largest absolute Gasteiger partial charge is 0.381 e. The smallest absolute Gasteiger partial charge is 0.266 e. The van der Waals surface area contributed by atoms with Crippen LogP contribution >= 0.6 is 12.6 Å². The highest BCUT2D eigenvalue weighted by Gasteiger charge is 2.24. The van der Waals surface area contributed by atoms with Gasteiger partial charge in [-0.3, -0.25) is 19.3 Å². The standard InChI is InChI=1S/C28H23N9O2.CH4S/c1-17(32-27(38)23-24(29)35-36-16-6-14-30-26(23)36)25-33-21-10-5-7-18(11-12-19-13-15-31-34-19)22(21)28(39)37(25)20-8-3-2-4-9-20;1-2/h2-17H,1H3,(H2,29,35)(H,31,34)(H,32,38);2H,1H3/b12-11+;. The van der Waals surface area contributed by atoms with Crippen LogP contribution in [-0.2, 0) is 0 Å². The number of aromatic amines is 1. The van der Waals surface area contributed by atoms with E-state index in [1.54, 1.807) is 43.9 Å². The number of benzene rings is 2. The number of para-hydroxylation sites is 1. The Hall–Kier alpha value is -5.23. The monoisotopic (exact) mass is 565 g/mol. The van der Waals surface area contributed by atoms with E-state index >= 15 is 0 Å². The molecule has 4 aromatic heterocycles. The number of anilines is 1. The van der Waals surface area contributed by atoms with E-state index in [1.165, 1.54) is 9.08 Å². The number of nitrogens with one attached hydrogen (secondary N) is 2. The van der Waals surface area contributed by atoms with E-state index in [0.29, 0.717) is 33.6 Å². The Morgan fingerprint density at radius 2 is 1.85 bits per heavy atom. The van der Waals surface area contributed by atoms with Crippen molar-refractivity contribution >= 4 is 53.1 Å². The normalized spacial score (nSPS) is 11.9. The number of hydrogen-bond acceptors (Lipinski definition) is 8. The van der Waals surface area contributed by atoms with Crippen molar-refractivity contribution in [3.05, 3.63) is 112 Å². The second kappa shape index (κ2) is 11.9. The molecule has 0 aliphatic rings. The van der Waals surface area contributed by atoms with Crippen LogP contribution in [0.3, 0.4) is 0 Å². The van der Waals surface area contributed by atoms with Gasteiger partial charge >= 0.3 is 0 Å². The minimum atomic E-state index is -0.669. The van der Waals surface area contributed by atoms with Gasteiger partial charge in [-0.25, -0.2) is 14.5 Å². The predicted molar refractivity (Wildman–Crippen MR) is 163 cm³/mol. The van der Waals surface area contributed by atoms with Crippen LogP contribution in [0.4, 0.5) is 5.82 Å². The number of nitrogens with two attached hydrogens (primary N) is 1. The van der Waals surface area contributed by atoms with Gasteiger partial charge < -0.3 is 11.1 Å². The molecule has 0 saturated heterocycles. The van der Waals surface area contributed by atoms with Gasteiger partial charge in [-0.1, -0.05) is 36.4 Å². The molecule has 206 valence electrons. The summed E-state index contributed by atoms with van der Waals surface area (Å²) in [6.45, 7) is 1.77. The Bertz CT molecular complexity index is 1910. The number of nitrogen functional groups attached to an aromatic ring is 1. The Morgan fingerprint density at radius 3 is 2.61 bits per heavy atom. The Kier molecular flexibility index (Phi) is 7.92. The van der Waals surface area contributed by atoms with Gasteiger partial charge in [0.1, 0.15) is 11.4 Å². The van der Waals surface area contributed by atoms with E-state index in [9.17, 15) is 9.59 Å². The topological polar surface area (TPSA) is 149 Å². The van der Waals surface area contributed by atoms with E-state index < -0.39 is 11.9 Å². The highest BCUT2D eigenvalue weighted by atomic mass is 32.1. The molecular formula is C29H27N9O2S. The number of hydrogen-bond donors (Lipinski definition) is 4. The van der Waals surface area contributed by atoms with Gasteiger partial charge in [0.05, 0.1) is 28.3 Å². The van der Waals surface area contributed by atoms with Crippen LogP contribution < -0.4 is 16.6 Å². The molecule has 4 N–H and O–H groups in total. The van der Waals surface area contributed by atoms with Crippen LogP contribution in [0.15, 0.2) is 84.0 Å². The summed E-state index contributed by atoms with van der Waals surface area (Å²) in [7, 11) is 0. The molecule has 6 aromatic rings. The van der Waals surface area contributed by atoms with Crippen molar-refractivity contribution in [3.8, 4) is 5.69 Å². The highest BCUT2D eigenvalue weighted by molar-refractivity contribution is 7.79. The van der Waals surface area contributed by atoms with Crippen LogP contribution in [0.1, 0.15) is 40.4 Å². The molecule has 0 spiro atoms. The van der Waals surface area contributed by atoms with Gasteiger partial charge in [0.25, 0.3) is 11.5 Å². The minimum absolute atomic E-state index is 0.0546. The van der Waals surface area contributed by atoms with E-state index in [1.807, 2.05) is 60.7 Å². The summed E-state index contributed by atoms with van der Waals surface area (Å²) in [5, 5.41) is 14.4. The molecule has 0 aliphatic heterocycles. The second-order valence-corrected chi connectivity index (χ2v) is 8.88. The molecule has 0 bridgehead atoms. The number of thiol groups is 1. The van der Waals surface area contributed by atoms with Crippen LogP contribution in [0.2, 0.25) is 0 Å². The molecule has 2 aromatic carbocycles. The number of nitrogens with zero attached hydrogens (tertiary/aromatic N) is 6. The van der Waals surface area contributed by atoms with E-state index in [2.05, 4.69) is 38.2 Å². The summed E-state index contributed by atoms with van der Waals surface area (Å²) >= 11 is 3.53. The summed E-state index contributed by atoms with van der Waals surface area (Å²) in [6.07, 6.45) is 10.3. The second-order valence-electron chi connectivity index (χ2n) is 8.88. The minimum Gasteiger partial charge on any atom is -0.381 e. The van der Waals surface area contributed by atoms with Gasteiger partial charge in [-0.15, -0.1) is 5.10 Å². The summed E-state index contributed by atoms with van der Waals surface area (Å²) in [4.78, 5) is 36.6. The fourth-order valence-electron chi connectivity index (χ4n) is 4.52. The highest BCUT2D eigenvalue weighted by Crippen LogP contribution is 2.23. The molecule has 41 heavy (non-hydrogen) atoms. The van der Waals surface area contributed by atoms with Gasteiger partial charge in [-0.2, -0.15) is 17.7 Å². The Labute approximate surface area is 240 Å². The molecule has 0 fully saturated rings. The third kappa shape index (κ3) is 5.32. The lowest BCUT2D eigenvalue weighted by atomic mass is 10.1. The zero-order valence-electron chi connectivity index (χ0n) is 22.3. The maximum atomic E-state index is 14.1. The molecule has 12 heteroatoms. The molecule has 0 saturated carbocycles. The number of carbonyl (C=O) groups is 1. The van der Waals surface area contributed by atoms with E-state index in [0.717, 1.165) is 5.69 Å². The summed E-state index contributed by atoms with van der Waals surface area (Å²) in [5.41, 5.74) is 8.92. The van der Waals surface area contributed by atoms with Crippen LogP contribution in [-0.4, -0.2) is 46.5 Å². The fourth-order valence-corrected chi connectivity index (χ4v) is 4.52. The Morgan fingerprint density at radius 1 is 1.05 bits per heavy atom.